The normalized spacial score (nSPS) is 19.8. The molecular weight excluding hydrogens is 916 g/mol. The highest BCUT2D eigenvalue weighted by Gasteiger charge is 2.50. The van der Waals surface area contributed by atoms with Crippen LogP contribution in [0, 0.1) is 11.6 Å². The molecule has 3 aliphatic heterocycles. The maximum absolute atomic E-state index is 15.1. The lowest BCUT2D eigenvalue weighted by Crippen LogP contribution is -2.48. The van der Waals surface area contributed by atoms with Gasteiger partial charge in [0.15, 0.2) is 17.0 Å². The lowest BCUT2D eigenvalue weighted by Gasteiger charge is -2.37. The molecule has 69 heavy (non-hydrogen) atoms. The van der Waals surface area contributed by atoms with Gasteiger partial charge in [0.1, 0.15) is 33.4 Å². The molecule has 4 N–H and O–H groups in total. The molecule has 23 heteroatoms. The van der Waals surface area contributed by atoms with Crippen molar-refractivity contribution in [3.8, 4) is 5.88 Å². The van der Waals surface area contributed by atoms with Crippen molar-refractivity contribution >= 4 is 57.4 Å². The number of piperazine rings is 1. The standard InChI is InChI=1S/C46H58F3N15O4S/c1-5-38(65)52-36-28-62(27-35(36)49)44-54-40(39-41(55-44)58(2)30-51-39)53-37-29-63(56-42(37)67-4)20-10-18-60-21-23-61(24-22-60)19-11-25-68-59(3)45(66)64-46(16-9-17-50,31-12-7-6-8-13-31)69-43(57-64)33-26-32(47)14-15-34(33)48/h5-8,12-15,26,29-30,35-36H,1,9-11,16-25,27-28,50H2,2-4H3,(H,52,65)(H,53,54,55)/t35-,36-,46+/m1/s1. The van der Waals surface area contributed by atoms with Gasteiger partial charge in [-0.05, 0) is 68.6 Å². The number of ether oxygens (including phenoxy) is 1. The predicted octanol–water partition coefficient (Wildman–Crippen LogP) is 4.80. The molecule has 3 atom stereocenters. The average Bonchev–Trinajstić information content (AvgIpc) is 4.15. The second-order valence-electron chi connectivity index (χ2n) is 17.1. The van der Waals surface area contributed by atoms with Gasteiger partial charge in [0.05, 0.1) is 38.8 Å². The molecule has 2 fully saturated rings. The van der Waals surface area contributed by atoms with Crippen LogP contribution in [0.25, 0.3) is 11.2 Å². The highest BCUT2D eigenvalue weighted by atomic mass is 32.2. The highest BCUT2D eigenvalue weighted by Crippen LogP contribution is 2.51. The lowest BCUT2D eigenvalue weighted by molar-refractivity contribution is -0.117. The largest absolute Gasteiger partial charge is 0.478 e. The Balaban J connectivity index is 0.808. The van der Waals surface area contributed by atoms with Crippen molar-refractivity contribution in [1.82, 2.24) is 54.5 Å². The number of thioether (sulfide) groups is 1. The number of aryl methyl sites for hydroxylation is 2. The molecule has 0 spiro atoms. The number of hydrazone groups is 1. The zero-order valence-electron chi connectivity index (χ0n) is 38.9. The van der Waals surface area contributed by atoms with Crippen LogP contribution in [0.5, 0.6) is 5.88 Å². The van der Waals surface area contributed by atoms with Crippen molar-refractivity contribution in [2.75, 3.05) is 89.9 Å². The number of rotatable bonds is 20. The summed E-state index contributed by atoms with van der Waals surface area (Å²) in [7, 11) is 4.90. The first-order valence-corrected chi connectivity index (χ1v) is 23.7. The van der Waals surface area contributed by atoms with E-state index in [4.69, 9.17) is 20.3 Å². The number of alkyl halides is 1. The number of methoxy groups -OCH3 is 1. The molecule has 3 aromatic heterocycles. The van der Waals surface area contributed by atoms with Crippen molar-refractivity contribution in [2.45, 2.75) is 49.3 Å². The van der Waals surface area contributed by atoms with E-state index in [1.165, 1.54) is 23.8 Å². The fourth-order valence-corrected chi connectivity index (χ4v) is 10.1. The number of urea groups is 1. The van der Waals surface area contributed by atoms with Gasteiger partial charge in [-0.25, -0.2) is 28.0 Å². The van der Waals surface area contributed by atoms with Gasteiger partial charge in [0.25, 0.3) is 5.88 Å². The highest BCUT2D eigenvalue weighted by molar-refractivity contribution is 8.15. The molecule has 0 bridgehead atoms. The van der Waals surface area contributed by atoms with Crippen LogP contribution in [-0.4, -0.2) is 158 Å². The second-order valence-corrected chi connectivity index (χ2v) is 18.3. The number of aromatic nitrogens is 6. The van der Waals surface area contributed by atoms with Crippen molar-refractivity contribution in [3.05, 3.63) is 96.5 Å². The summed E-state index contributed by atoms with van der Waals surface area (Å²) in [5.41, 5.74) is 8.35. The molecular formula is C46H58F3N15O4S. The number of amides is 3. The topological polar surface area (TPSA) is 193 Å². The van der Waals surface area contributed by atoms with Gasteiger partial charge < -0.3 is 40.4 Å². The Morgan fingerprint density at radius 2 is 1.78 bits per heavy atom. The summed E-state index contributed by atoms with van der Waals surface area (Å²) >= 11 is 1.20. The van der Waals surface area contributed by atoms with Crippen LogP contribution < -0.4 is 26.0 Å². The number of fused-ring (bicyclic) bond motifs is 1. The number of anilines is 3. The van der Waals surface area contributed by atoms with Gasteiger partial charge in [-0.2, -0.15) is 20.1 Å². The van der Waals surface area contributed by atoms with Crippen molar-refractivity contribution in [2.24, 2.45) is 17.9 Å². The number of carbonyl (C=O) groups is 2. The molecule has 0 aliphatic carbocycles. The zero-order valence-corrected chi connectivity index (χ0v) is 39.8. The number of hydrogen-bond donors (Lipinski definition) is 3. The smallest absolute Gasteiger partial charge is 0.365 e. The summed E-state index contributed by atoms with van der Waals surface area (Å²) in [5, 5.41) is 17.9. The van der Waals surface area contributed by atoms with Crippen LogP contribution in [-0.2, 0) is 28.1 Å². The van der Waals surface area contributed by atoms with Gasteiger partial charge >= 0.3 is 6.03 Å². The Hall–Kier alpha value is -6.27. The first-order chi connectivity index (χ1) is 33.4. The average molecular weight is 974 g/mol. The SMILES string of the molecule is C=CC(=O)N[C@@H]1CN(c2nc(Nc3cn(CCCN4CCN(CCCON(C)C(=O)N5N=C(c6cc(F)ccc6F)S[C@@]5(CCCN)c5ccccc5)CC4)nc3OC)c3ncn(C)c3n2)C[C@H]1F. The molecule has 2 saturated heterocycles. The quantitative estimate of drug-likeness (QED) is 0.0547. The number of carbonyl (C=O) groups excluding carboxylic acids is 2. The number of halogens is 3. The van der Waals surface area contributed by atoms with Crippen molar-refractivity contribution in [1.29, 1.82) is 0 Å². The Morgan fingerprint density at radius 1 is 1.03 bits per heavy atom. The van der Waals surface area contributed by atoms with Gasteiger partial charge in [0.2, 0.25) is 11.9 Å². The van der Waals surface area contributed by atoms with E-state index in [0.29, 0.717) is 66.8 Å². The summed E-state index contributed by atoms with van der Waals surface area (Å²) in [6.45, 7) is 10.2. The van der Waals surface area contributed by atoms with Crippen molar-refractivity contribution < 1.29 is 32.3 Å². The minimum Gasteiger partial charge on any atom is -0.478 e. The van der Waals surface area contributed by atoms with E-state index < -0.39 is 40.7 Å². The van der Waals surface area contributed by atoms with Crippen molar-refractivity contribution in [3.63, 3.8) is 0 Å². The van der Waals surface area contributed by atoms with E-state index in [9.17, 15) is 18.4 Å². The summed E-state index contributed by atoms with van der Waals surface area (Å²) < 4.78 is 53.6. The summed E-state index contributed by atoms with van der Waals surface area (Å²) in [6.07, 6.45) is 5.79. The van der Waals surface area contributed by atoms with E-state index in [1.807, 2.05) is 48.3 Å². The molecule has 19 nitrogen and oxygen atoms in total. The summed E-state index contributed by atoms with van der Waals surface area (Å²) in [4.78, 5) is 51.3. The van der Waals surface area contributed by atoms with Gasteiger partial charge in [-0.1, -0.05) is 48.7 Å². The van der Waals surface area contributed by atoms with Crippen LogP contribution in [0.1, 0.15) is 36.8 Å². The van der Waals surface area contributed by atoms with Gasteiger partial charge in [0, 0.05) is 65.5 Å². The fourth-order valence-electron chi connectivity index (χ4n) is 8.67. The molecule has 0 radical (unpaired) electrons. The Morgan fingerprint density at radius 3 is 2.51 bits per heavy atom. The molecule has 8 rings (SSSR count). The monoisotopic (exact) mass is 973 g/mol. The molecule has 3 aliphatic rings. The molecule has 6 heterocycles. The van der Waals surface area contributed by atoms with Crippen LogP contribution >= 0.6 is 11.8 Å². The lowest BCUT2D eigenvalue weighted by atomic mass is 10.0. The third kappa shape index (κ3) is 11.1. The number of nitrogens with one attached hydrogen (secondary N) is 2. The Kier molecular flexibility index (Phi) is 15.7. The first-order valence-electron chi connectivity index (χ1n) is 22.9. The van der Waals surface area contributed by atoms with E-state index in [1.54, 1.807) is 22.9 Å². The van der Waals surface area contributed by atoms with E-state index >= 15 is 4.39 Å². The fraction of sp³-hybridized carbons (Fsp3) is 0.457. The third-order valence-electron chi connectivity index (χ3n) is 12.3. The third-order valence-corrected chi connectivity index (χ3v) is 13.8. The number of hydrogen-bond acceptors (Lipinski definition) is 15. The van der Waals surface area contributed by atoms with E-state index in [0.717, 1.165) is 80.6 Å². The number of nitrogens with zero attached hydrogens (tertiary/aromatic N) is 12. The second kappa shape index (κ2) is 22.0. The summed E-state index contributed by atoms with van der Waals surface area (Å²) in [5.74, 6) is -0.617. The maximum atomic E-state index is 15.1. The minimum absolute atomic E-state index is 0.00934. The number of hydroxylamine groups is 2. The first kappa shape index (κ1) is 49.2. The zero-order chi connectivity index (χ0) is 48.7. The van der Waals surface area contributed by atoms with E-state index in [2.05, 4.69) is 47.2 Å². The van der Waals surface area contributed by atoms with Crippen LogP contribution in [0.4, 0.5) is 35.4 Å². The van der Waals surface area contributed by atoms with Gasteiger partial charge in [-0.15, -0.1) is 5.10 Å². The molecule has 5 aromatic rings. The minimum atomic E-state index is -1.31. The molecule has 368 valence electrons. The molecule has 2 aromatic carbocycles. The molecule has 0 unspecified atom stereocenters. The number of benzene rings is 2. The van der Waals surface area contributed by atoms with Gasteiger partial charge in [-0.3, -0.25) is 14.3 Å². The summed E-state index contributed by atoms with van der Waals surface area (Å²) in [6, 6.07) is 11.3. The molecule has 0 saturated carbocycles. The van der Waals surface area contributed by atoms with Crippen LogP contribution in [0.15, 0.2) is 78.8 Å². The van der Waals surface area contributed by atoms with Crippen LogP contribution in [0.2, 0.25) is 0 Å². The Labute approximate surface area is 402 Å². The van der Waals surface area contributed by atoms with E-state index in [-0.39, 0.29) is 30.3 Å². The number of nitrogens with two attached hydrogens (primary N) is 1. The van der Waals surface area contributed by atoms with Crippen LogP contribution in [0.3, 0.4) is 0 Å². The molecule has 3 amide bonds. The maximum Gasteiger partial charge on any atom is 0.365 e. The number of imidazole rings is 1. The predicted molar refractivity (Wildman–Crippen MR) is 258 cm³/mol. The Bertz CT molecular complexity index is 2630.